The topological polar surface area (TPSA) is 77.4 Å². The molecule has 0 bridgehead atoms. The maximum absolute atomic E-state index is 12.2. The van der Waals surface area contributed by atoms with Crippen molar-refractivity contribution >= 4 is 26.7 Å². The summed E-state index contributed by atoms with van der Waals surface area (Å²) >= 11 is 0. The number of nitrogens with zero attached hydrogens (tertiary/aromatic N) is 1. The van der Waals surface area contributed by atoms with Crippen LogP contribution in [0, 0.1) is 5.92 Å². The highest BCUT2D eigenvalue weighted by Crippen LogP contribution is 2.33. The van der Waals surface area contributed by atoms with E-state index >= 15 is 0 Å². The van der Waals surface area contributed by atoms with Gasteiger partial charge in [-0.2, -0.15) is 0 Å². The lowest BCUT2D eigenvalue weighted by molar-refractivity contribution is -0.142. The third-order valence-corrected chi connectivity index (χ3v) is 5.81. The minimum Gasteiger partial charge on any atom is -0.461 e. The van der Waals surface area contributed by atoms with Gasteiger partial charge in [0.05, 0.1) is 4.90 Å². The third kappa shape index (κ3) is 3.43. The van der Waals surface area contributed by atoms with Gasteiger partial charge < -0.3 is 14.6 Å². The highest BCUT2D eigenvalue weighted by atomic mass is 32.2. The molecule has 25 heavy (non-hydrogen) atoms. The molecule has 2 heterocycles. The fourth-order valence-electron chi connectivity index (χ4n) is 3.52. The number of hydrogen-bond donors (Lipinski definition) is 1. The maximum Gasteiger partial charge on any atom is 0.302 e. The van der Waals surface area contributed by atoms with Crippen LogP contribution < -0.4 is 5.32 Å². The van der Waals surface area contributed by atoms with Gasteiger partial charge in [-0.1, -0.05) is 13.8 Å². The fourth-order valence-corrected chi connectivity index (χ4v) is 4.44. The number of carbonyl (C=O) groups is 1. The summed E-state index contributed by atoms with van der Waals surface area (Å²) in [5.41, 5.74) is 2.59. The first-order valence-corrected chi connectivity index (χ1v) is 10.3. The Hall–Kier alpha value is -1.86. The Balaban J connectivity index is 2.19. The fraction of sp³-hybridized carbons (Fsp3) is 0.500. The number of esters is 1. The van der Waals surface area contributed by atoms with Crippen LogP contribution in [0.4, 0.5) is 0 Å². The lowest BCUT2D eigenvalue weighted by Gasteiger charge is -2.29. The van der Waals surface area contributed by atoms with Crippen molar-refractivity contribution in [2.75, 3.05) is 12.8 Å². The smallest absolute Gasteiger partial charge is 0.302 e. The molecule has 0 saturated carbocycles. The molecule has 0 amide bonds. The van der Waals surface area contributed by atoms with Crippen molar-refractivity contribution in [3.63, 3.8) is 0 Å². The van der Waals surface area contributed by atoms with Gasteiger partial charge in [-0.3, -0.25) is 4.79 Å². The molecule has 1 atom stereocenters. The summed E-state index contributed by atoms with van der Waals surface area (Å²) < 4.78 is 31.7. The summed E-state index contributed by atoms with van der Waals surface area (Å²) in [6.45, 7) is 7.25. The SMILES string of the molecule is CC(=O)OCc1cc2cc3n(c2cc1S(C)(=O)=O)CCN[C@@H]3C(C)C. The van der Waals surface area contributed by atoms with Crippen LogP contribution in [0.15, 0.2) is 23.1 Å². The van der Waals surface area contributed by atoms with Crippen molar-refractivity contribution in [1.82, 2.24) is 9.88 Å². The standard InChI is InChI=1S/C18H24N2O4S/c1-11(2)18-16-8-13-7-14(10-24-12(3)21)17(25(4,22)23)9-15(13)20(16)6-5-19-18/h7-9,11,18-19H,5-6,10H2,1-4H3/t18-/m1/s1. The second-order valence-corrected chi connectivity index (χ2v) is 8.95. The average Bonchev–Trinajstić information content (AvgIpc) is 2.88. The van der Waals surface area contributed by atoms with Crippen molar-refractivity contribution in [3.8, 4) is 0 Å². The first-order valence-electron chi connectivity index (χ1n) is 8.41. The molecule has 1 N–H and O–H groups in total. The zero-order chi connectivity index (χ0) is 18.4. The van der Waals surface area contributed by atoms with Crippen molar-refractivity contribution in [2.45, 2.75) is 44.9 Å². The predicted molar refractivity (Wildman–Crippen MR) is 96.1 cm³/mol. The van der Waals surface area contributed by atoms with E-state index in [2.05, 4.69) is 29.8 Å². The zero-order valence-corrected chi connectivity index (χ0v) is 15.8. The highest BCUT2D eigenvalue weighted by Gasteiger charge is 2.26. The van der Waals surface area contributed by atoms with Crippen LogP contribution in [-0.2, 0) is 32.5 Å². The van der Waals surface area contributed by atoms with Crippen molar-refractivity contribution < 1.29 is 17.9 Å². The molecule has 0 unspecified atom stereocenters. The largest absolute Gasteiger partial charge is 0.461 e. The van der Waals surface area contributed by atoms with Gasteiger partial charge in [0, 0.05) is 54.5 Å². The molecular formula is C18H24N2O4S. The predicted octanol–water partition coefficient (Wildman–Crippen LogP) is 2.41. The molecule has 7 heteroatoms. The van der Waals surface area contributed by atoms with Gasteiger partial charge in [0.2, 0.25) is 0 Å². The van der Waals surface area contributed by atoms with Crippen LogP contribution >= 0.6 is 0 Å². The minimum atomic E-state index is -3.43. The lowest BCUT2D eigenvalue weighted by Crippen LogP contribution is -2.35. The van der Waals surface area contributed by atoms with Gasteiger partial charge in [-0.25, -0.2) is 8.42 Å². The Morgan fingerprint density at radius 2 is 2.08 bits per heavy atom. The number of carbonyl (C=O) groups excluding carboxylic acids is 1. The molecule has 0 radical (unpaired) electrons. The summed E-state index contributed by atoms with van der Waals surface area (Å²) in [5.74, 6) is -0.00180. The van der Waals surface area contributed by atoms with E-state index in [0.29, 0.717) is 11.5 Å². The van der Waals surface area contributed by atoms with Gasteiger partial charge >= 0.3 is 5.97 Å². The summed E-state index contributed by atoms with van der Waals surface area (Å²) in [5, 5.41) is 4.50. The van der Waals surface area contributed by atoms with Crippen LogP contribution in [0.1, 0.15) is 38.1 Å². The number of ether oxygens (including phenoxy) is 1. The molecule has 0 saturated heterocycles. The van der Waals surface area contributed by atoms with Gasteiger partial charge in [-0.05, 0) is 24.1 Å². The normalized spacial score (nSPS) is 17.7. The Morgan fingerprint density at radius 3 is 2.68 bits per heavy atom. The van der Waals surface area contributed by atoms with Crippen LogP contribution in [0.25, 0.3) is 10.9 Å². The molecule has 2 aromatic rings. The number of benzene rings is 1. The molecular weight excluding hydrogens is 340 g/mol. The number of nitrogens with one attached hydrogen (secondary N) is 1. The summed E-state index contributed by atoms with van der Waals surface area (Å²) in [6.07, 6.45) is 1.18. The first-order chi connectivity index (χ1) is 11.7. The minimum absolute atomic E-state index is 0.0416. The van der Waals surface area contributed by atoms with Crippen molar-refractivity contribution in [1.29, 1.82) is 0 Å². The number of hydrogen-bond acceptors (Lipinski definition) is 5. The quantitative estimate of drug-likeness (QED) is 0.843. The Kier molecular flexibility index (Phi) is 4.64. The number of rotatable bonds is 4. The monoisotopic (exact) mass is 364 g/mol. The zero-order valence-electron chi connectivity index (χ0n) is 15.0. The Labute approximate surface area is 148 Å². The number of sulfone groups is 1. The molecule has 1 aromatic heterocycles. The molecule has 1 aliphatic heterocycles. The van der Waals surface area contributed by atoms with E-state index in [1.165, 1.54) is 18.9 Å². The average molecular weight is 364 g/mol. The molecule has 1 aliphatic rings. The van der Waals surface area contributed by atoms with Crippen LogP contribution in [-0.4, -0.2) is 31.8 Å². The van der Waals surface area contributed by atoms with E-state index < -0.39 is 15.8 Å². The first kappa shape index (κ1) is 17.9. The number of aromatic nitrogens is 1. The van der Waals surface area contributed by atoms with Crippen molar-refractivity contribution in [3.05, 3.63) is 29.5 Å². The van der Waals surface area contributed by atoms with Gasteiger partial charge in [0.1, 0.15) is 6.61 Å². The van der Waals surface area contributed by atoms with Crippen molar-refractivity contribution in [2.24, 2.45) is 5.92 Å². The molecule has 6 nitrogen and oxygen atoms in total. The molecule has 0 aliphatic carbocycles. The molecule has 0 spiro atoms. The second-order valence-electron chi connectivity index (χ2n) is 6.97. The Bertz CT molecular complexity index is 928. The molecule has 0 fully saturated rings. The highest BCUT2D eigenvalue weighted by molar-refractivity contribution is 7.90. The van der Waals surface area contributed by atoms with Gasteiger partial charge in [0.25, 0.3) is 0 Å². The summed E-state index contributed by atoms with van der Waals surface area (Å²) in [6, 6.07) is 5.89. The second kappa shape index (κ2) is 6.46. The van der Waals surface area contributed by atoms with E-state index in [1.807, 2.05) is 6.07 Å². The molecule has 136 valence electrons. The van der Waals surface area contributed by atoms with Gasteiger partial charge in [0.15, 0.2) is 9.84 Å². The Morgan fingerprint density at radius 1 is 1.36 bits per heavy atom. The molecule has 1 aromatic carbocycles. The van der Waals surface area contributed by atoms with Crippen LogP contribution in [0.3, 0.4) is 0 Å². The number of fused-ring (bicyclic) bond motifs is 3. The van der Waals surface area contributed by atoms with E-state index in [1.54, 1.807) is 6.07 Å². The third-order valence-electron chi connectivity index (χ3n) is 4.63. The maximum atomic E-state index is 12.2. The van der Waals surface area contributed by atoms with E-state index in [9.17, 15) is 13.2 Å². The van der Waals surface area contributed by atoms with E-state index in [4.69, 9.17) is 4.74 Å². The summed E-state index contributed by atoms with van der Waals surface area (Å²) in [4.78, 5) is 11.4. The molecule has 3 rings (SSSR count). The van der Waals surface area contributed by atoms with E-state index in [0.717, 1.165) is 24.0 Å². The van der Waals surface area contributed by atoms with Gasteiger partial charge in [-0.15, -0.1) is 0 Å². The van der Waals surface area contributed by atoms with Crippen LogP contribution in [0.2, 0.25) is 0 Å². The summed E-state index contributed by atoms with van der Waals surface area (Å²) in [7, 11) is -3.43. The van der Waals surface area contributed by atoms with Crippen LogP contribution in [0.5, 0.6) is 0 Å². The lowest BCUT2D eigenvalue weighted by atomic mass is 9.99. The van der Waals surface area contributed by atoms with E-state index in [-0.39, 0.29) is 17.5 Å².